The zero-order valence-corrected chi connectivity index (χ0v) is 22.1. The molecule has 0 spiro atoms. The fourth-order valence-electron chi connectivity index (χ4n) is 2.45. The summed E-state index contributed by atoms with van der Waals surface area (Å²) in [7, 11) is 10.5. The first-order valence-corrected chi connectivity index (χ1v) is 15.9. The van der Waals surface area contributed by atoms with E-state index in [9.17, 15) is 0 Å². The van der Waals surface area contributed by atoms with E-state index in [2.05, 4.69) is 91.0 Å². The summed E-state index contributed by atoms with van der Waals surface area (Å²) in [6, 6.07) is 13.3. The normalized spacial score (nSPS) is 9.54. The number of halogens is 2. The molecule has 2 aromatic carbocycles. The number of hydrogen-bond acceptors (Lipinski definition) is 0. The van der Waals surface area contributed by atoms with Crippen LogP contribution >= 0.6 is 18.6 Å². The Labute approximate surface area is 182 Å². The molecule has 26 heavy (non-hydrogen) atoms. The SMILES string of the molecule is C[SiH]C.Cc1cc(CC(C)C)c[cH-]1.Cc1cc(CC(C)C)c[cH-]1.[Cl][Ti][Cl]. The van der Waals surface area contributed by atoms with Crippen molar-refractivity contribution in [3.05, 3.63) is 58.7 Å². The third kappa shape index (κ3) is 19.0. The Kier molecular flexibility index (Phi) is 20.3. The van der Waals surface area contributed by atoms with Gasteiger partial charge in [-0.2, -0.15) is 46.5 Å². The first-order chi connectivity index (χ1) is 12.2. The third-order valence-electron chi connectivity index (χ3n) is 3.23. The topological polar surface area (TPSA) is 0 Å². The molecular formula is C22H37Cl2SiTi-2. The Balaban J connectivity index is 0. The van der Waals surface area contributed by atoms with Gasteiger partial charge in [-0.05, 0) is 0 Å². The number of hydrogen-bond donors (Lipinski definition) is 0. The molecule has 0 aliphatic heterocycles. The fourth-order valence-corrected chi connectivity index (χ4v) is 2.45. The van der Waals surface area contributed by atoms with Crippen LogP contribution < -0.4 is 0 Å². The second kappa shape index (κ2) is 18.6. The van der Waals surface area contributed by atoms with Crippen LogP contribution in [-0.4, -0.2) is 9.52 Å². The Hall–Kier alpha value is 0.211. The average Bonchev–Trinajstić information content (AvgIpc) is 3.09. The summed E-state index contributed by atoms with van der Waals surface area (Å²) in [4.78, 5) is 0. The van der Waals surface area contributed by atoms with Crippen molar-refractivity contribution in [3.63, 3.8) is 0 Å². The van der Waals surface area contributed by atoms with Crippen molar-refractivity contribution in [1.82, 2.24) is 0 Å². The van der Waals surface area contributed by atoms with Gasteiger partial charge in [0.2, 0.25) is 0 Å². The molecule has 0 atom stereocenters. The number of aryl methyl sites for hydroxylation is 2. The quantitative estimate of drug-likeness (QED) is 0.332. The van der Waals surface area contributed by atoms with Crippen LogP contribution in [0.5, 0.6) is 0 Å². The summed E-state index contributed by atoms with van der Waals surface area (Å²) < 4.78 is 0. The molecule has 0 saturated heterocycles. The molecule has 4 heteroatoms. The van der Waals surface area contributed by atoms with E-state index < -0.39 is 17.0 Å². The monoisotopic (exact) mass is 447 g/mol. The van der Waals surface area contributed by atoms with Crippen LogP contribution in [0.2, 0.25) is 13.1 Å². The predicted molar refractivity (Wildman–Crippen MR) is 121 cm³/mol. The molecule has 0 saturated carbocycles. The molecule has 1 radical (unpaired) electrons. The van der Waals surface area contributed by atoms with E-state index in [4.69, 9.17) is 18.6 Å². The van der Waals surface area contributed by atoms with Gasteiger partial charge in [-0.15, -0.1) is 0 Å². The van der Waals surface area contributed by atoms with Crippen LogP contribution in [0.3, 0.4) is 0 Å². The van der Waals surface area contributed by atoms with Crippen molar-refractivity contribution in [2.45, 2.75) is 67.5 Å². The zero-order chi connectivity index (χ0) is 20.5. The molecule has 0 N–H and O–H groups in total. The number of rotatable bonds is 4. The second-order valence-electron chi connectivity index (χ2n) is 7.44. The van der Waals surface area contributed by atoms with E-state index in [-0.39, 0.29) is 0 Å². The van der Waals surface area contributed by atoms with Crippen LogP contribution in [0, 0.1) is 25.7 Å². The molecule has 0 bridgehead atoms. The van der Waals surface area contributed by atoms with E-state index in [0.717, 1.165) is 21.4 Å². The zero-order valence-electron chi connectivity index (χ0n) is 17.9. The molecule has 0 amide bonds. The van der Waals surface area contributed by atoms with Crippen LogP contribution in [0.15, 0.2) is 36.4 Å². The van der Waals surface area contributed by atoms with Gasteiger partial charge in [-0.1, -0.05) is 79.3 Å². The van der Waals surface area contributed by atoms with Gasteiger partial charge in [0.05, 0.1) is 0 Å². The molecule has 0 nitrogen and oxygen atoms in total. The minimum atomic E-state index is -0.556. The summed E-state index contributed by atoms with van der Waals surface area (Å²) in [5.74, 6) is 1.56. The van der Waals surface area contributed by atoms with Crippen LogP contribution in [0.1, 0.15) is 49.9 Å². The van der Waals surface area contributed by atoms with Crippen LogP contribution in [0.4, 0.5) is 0 Å². The molecule has 149 valence electrons. The molecule has 0 aliphatic carbocycles. The van der Waals surface area contributed by atoms with E-state index in [1.165, 1.54) is 35.1 Å². The van der Waals surface area contributed by atoms with Crippen LogP contribution in [0.25, 0.3) is 0 Å². The van der Waals surface area contributed by atoms with Crippen LogP contribution in [-0.2, 0) is 29.9 Å². The second-order valence-corrected chi connectivity index (χ2v) is 11.2. The standard InChI is InChI=1S/2C10H15.C2H7Si.2ClH.Ti/c2*1-8(2)6-10-5-4-9(3)7-10;1-3-2;;;/h2*4-5,7-8H,6H2,1-3H3;3H,1-2H3;2*1H;/q2*-1;;;;+2/p-2. The molecule has 2 rings (SSSR count). The molecule has 0 heterocycles. The summed E-state index contributed by atoms with van der Waals surface area (Å²) in [6.45, 7) is 17.7. The first kappa shape index (κ1) is 28.4. The van der Waals surface area contributed by atoms with Gasteiger partial charge >= 0.3 is 35.6 Å². The van der Waals surface area contributed by atoms with Crippen molar-refractivity contribution in [1.29, 1.82) is 0 Å². The van der Waals surface area contributed by atoms with Gasteiger partial charge in [0.15, 0.2) is 0 Å². The minimum absolute atomic E-state index is 0.556. The molecule has 2 aromatic rings. The van der Waals surface area contributed by atoms with Gasteiger partial charge in [0, 0.05) is 9.52 Å². The Morgan fingerprint density at radius 3 is 1.27 bits per heavy atom. The van der Waals surface area contributed by atoms with Gasteiger partial charge in [-0.3, -0.25) is 0 Å². The third-order valence-corrected chi connectivity index (χ3v) is 3.23. The van der Waals surface area contributed by atoms with E-state index in [0.29, 0.717) is 0 Å². The van der Waals surface area contributed by atoms with E-state index >= 15 is 0 Å². The maximum atomic E-state index is 4.89. The summed E-state index contributed by atoms with van der Waals surface area (Å²) >= 11 is -0.556. The molecule has 0 fully saturated rings. The Bertz CT molecular complexity index is 481. The van der Waals surface area contributed by atoms with Crippen molar-refractivity contribution in [2.24, 2.45) is 11.8 Å². The van der Waals surface area contributed by atoms with Gasteiger partial charge in [0.25, 0.3) is 0 Å². The molecule has 0 unspecified atom stereocenters. The van der Waals surface area contributed by atoms with Crippen molar-refractivity contribution < 1.29 is 17.0 Å². The van der Waals surface area contributed by atoms with Gasteiger partial charge in [0.1, 0.15) is 0 Å². The van der Waals surface area contributed by atoms with E-state index in [1.54, 1.807) is 0 Å². The first-order valence-electron chi connectivity index (χ1n) is 9.34. The van der Waals surface area contributed by atoms with E-state index in [1.807, 2.05) is 0 Å². The Morgan fingerprint density at radius 2 is 1.12 bits per heavy atom. The average molecular weight is 448 g/mol. The summed E-state index contributed by atoms with van der Waals surface area (Å²) in [5.41, 5.74) is 5.73. The van der Waals surface area contributed by atoms with Crippen molar-refractivity contribution >= 4 is 28.1 Å². The predicted octanol–water partition coefficient (Wildman–Crippen LogP) is 7.72. The maximum absolute atomic E-state index is 4.89. The van der Waals surface area contributed by atoms with Crippen molar-refractivity contribution in [2.75, 3.05) is 0 Å². The Morgan fingerprint density at radius 1 is 0.846 bits per heavy atom. The van der Waals surface area contributed by atoms with Gasteiger partial charge < -0.3 is 0 Å². The molecular weight excluding hydrogens is 411 g/mol. The summed E-state index contributed by atoms with van der Waals surface area (Å²) in [5, 5.41) is 0. The van der Waals surface area contributed by atoms with Gasteiger partial charge in [-0.25, -0.2) is 12.1 Å². The summed E-state index contributed by atoms with van der Waals surface area (Å²) in [6.07, 6.45) is 2.43. The fraction of sp³-hybridized carbons (Fsp3) is 0.545. The molecule has 0 aliphatic rings. The van der Waals surface area contributed by atoms with Crippen molar-refractivity contribution in [3.8, 4) is 0 Å². The molecule has 0 aromatic heterocycles.